The molecule has 1 aromatic heterocycles. The highest BCUT2D eigenvalue weighted by molar-refractivity contribution is 6.09. The topological polar surface area (TPSA) is 120 Å². The summed E-state index contributed by atoms with van der Waals surface area (Å²) < 4.78 is 59.7. The van der Waals surface area contributed by atoms with Crippen molar-refractivity contribution in [1.82, 2.24) is 4.57 Å². The van der Waals surface area contributed by atoms with Crippen LogP contribution in [0.15, 0.2) is 77.6 Å². The second kappa shape index (κ2) is 13.5. The Hall–Kier alpha value is -5.66. The van der Waals surface area contributed by atoms with E-state index in [0.717, 1.165) is 24.2 Å². The van der Waals surface area contributed by atoms with Gasteiger partial charge in [0.05, 0.1) is 32.7 Å². The van der Waals surface area contributed by atoms with Crippen LogP contribution in [0.5, 0.6) is 23.0 Å². The smallest absolute Gasteiger partial charge is 0.493 e. The second-order valence-corrected chi connectivity index (χ2v) is 11.7. The minimum Gasteiger partial charge on any atom is -0.493 e. The van der Waals surface area contributed by atoms with Crippen molar-refractivity contribution in [3.8, 4) is 23.0 Å². The predicted molar refractivity (Wildman–Crippen MR) is 175 cm³/mol. The number of alkyl halides is 3. The molecule has 6 rings (SSSR count). The zero-order valence-electron chi connectivity index (χ0n) is 26.8. The van der Waals surface area contributed by atoms with Gasteiger partial charge in [0, 0.05) is 54.1 Å². The number of piperidine rings is 1. The third-order valence-corrected chi connectivity index (χ3v) is 8.60. The van der Waals surface area contributed by atoms with Gasteiger partial charge in [-0.3, -0.25) is 14.4 Å². The Labute approximate surface area is 279 Å². The molecule has 0 spiro atoms. The Morgan fingerprint density at radius 3 is 2.14 bits per heavy atom. The Bertz CT molecular complexity index is 1920. The largest absolute Gasteiger partial charge is 0.573 e. The van der Waals surface area contributed by atoms with Crippen LogP contribution < -0.4 is 40.0 Å². The summed E-state index contributed by atoms with van der Waals surface area (Å²) in [4.78, 5) is 41.9. The molecule has 14 heteroatoms. The van der Waals surface area contributed by atoms with Gasteiger partial charge in [-0.25, -0.2) is 0 Å². The molecule has 256 valence electrons. The normalized spacial score (nSPS) is 16.7. The molecule has 11 nitrogen and oxygen atoms in total. The van der Waals surface area contributed by atoms with Crippen LogP contribution in [0.25, 0.3) is 0 Å². The highest BCUT2D eigenvalue weighted by Gasteiger charge is 2.36. The lowest BCUT2D eigenvalue weighted by atomic mass is 9.83. The molecule has 2 amide bonds. The number of aromatic nitrogens is 1. The van der Waals surface area contributed by atoms with E-state index in [0.29, 0.717) is 36.8 Å². The lowest BCUT2D eigenvalue weighted by Crippen LogP contribution is -2.47. The number of carbonyl (C=O) groups excluding carboxylic acids is 2. The molecule has 0 saturated carbocycles. The number of methoxy groups -OCH3 is 3. The summed E-state index contributed by atoms with van der Waals surface area (Å²) in [6.07, 6.45) is -3.93. The summed E-state index contributed by atoms with van der Waals surface area (Å²) >= 11 is 0. The number of fused-ring (bicyclic) bond motifs is 4. The maximum absolute atomic E-state index is 13.8. The molecule has 1 saturated heterocycles. The Kier molecular flexibility index (Phi) is 9.13. The van der Waals surface area contributed by atoms with Crippen molar-refractivity contribution in [3.63, 3.8) is 0 Å². The number of nitrogens with zero attached hydrogens (tertiary/aromatic N) is 2. The lowest BCUT2D eigenvalue weighted by Gasteiger charge is -2.44. The number of anilines is 3. The first kappa shape index (κ1) is 33.2. The van der Waals surface area contributed by atoms with Crippen molar-refractivity contribution in [2.75, 3.05) is 50.0 Å². The molecule has 1 fully saturated rings. The van der Waals surface area contributed by atoms with Gasteiger partial charge in [0.1, 0.15) is 5.75 Å². The van der Waals surface area contributed by atoms with E-state index in [9.17, 15) is 27.6 Å². The molecule has 3 heterocycles. The Morgan fingerprint density at radius 1 is 0.796 bits per heavy atom. The van der Waals surface area contributed by atoms with Crippen molar-refractivity contribution in [2.45, 2.75) is 25.2 Å². The minimum absolute atomic E-state index is 0.0307. The molecule has 2 aliphatic rings. The van der Waals surface area contributed by atoms with E-state index in [1.165, 1.54) is 45.6 Å². The summed E-state index contributed by atoms with van der Waals surface area (Å²) in [6, 6.07) is 18.0. The monoisotopic (exact) mass is 678 g/mol. The van der Waals surface area contributed by atoms with E-state index >= 15 is 0 Å². The number of nitrogens with one attached hydrogen (secondary N) is 2. The van der Waals surface area contributed by atoms with E-state index in [4.69, 9.17) is 14.2 Å². The van der Waals surface area contributed by atoms with Crippen LogP contribution in [0.2, 0.25) is 0 Å². The Balaban J connectivity index is 1.32. The minimum atomic E-state index is -4.84. The molecule has 49 heavy (non-hydrogen) atoms. The molecule has 2 bridgehead atoms. The van der Waals surface area contributed by atoms with E-state index in [1.54, 1.807) is 30.3 Å². The number of halogens is 3. The van der Waals surface area contributed by atoms with E-state index in [2.05, 4.69) is 20.3 Å². The van der Waals surface area contributed by atoms with Crippen molar-refractivity contribution < 1.29 is 41.7 Å². The highest BCUT2D eigenvalue weighted by atomic mass is 19.4. The second-order valence-electron chi connectivity index (χ2n) is 11.7. The predicted octanol–water partition coefficient (Wildman–Crippen LogP) is 5.90. The zero-order chi connectivity index (χ0) is 34.9. The van der Waals surface area contributed by atoms with E-state index in [-0.39, 0.29) is 45.7 Å². The number of hydrogen-bond acceptors (Lipinski definition) is 8. The molecule has 4 aromatic rings. The van der Waals surface area contributed by atoms with Crippen LogP contribution in [-0.2, 0) is 6.54 Å². The van der Waals surface area contributed by atoms with Crippen molar-refractivity contribution >= 4 is 28.9 Å². The summed E-state index contributed by atoms with van der Waals surface area (Å²) in [5.74, 6) is -0.349. The summed E-state index contributed by atoms with van der Waals surface area (Å²) in [6.45, 7) is 1.76. The van der Waals surface area contributed by atoms with Crippen molar-refractivity contribution in [3.05, 3.63) is 100.0 Å². The van der Waals surface area contributed by atoms with Gasteiger partial charge in [0.25, 0.3) is 17.4 Å². The van der Waals surface area contributed by atoms with Gasteiger partial charge in [0.2, 0.25) is 5.75 Å². The number of amides is 2. The first-order valence-corrected chi connectivity index (χ1v) is 15.3. The number of rotatable bonds is 9. The third kappa shape index (κ3) is 7.12. The maximum Gasteiger partial charge on any atom is 0.573 e. The molecule has 0 aliphatic carbocycles. The lowest BCUT2D eigenvalue weighted by molar-refractivity contribution is -0.274. The quantitative estimate of drug-likeness (QED) is 0.225. The number of ether oxygens (including phenoxy) is 4. The highest BCUT2D eigenvalue weighted by Crippen LogP contribution is 2.41. The Morgan fingerprint density at radius 2 is 1.49 bits per heavy atom. The van der Waals surface area contributed by atoms with Crippen molar-refractivity contribution in [1.29, 1.82) is 0 Å². The van der Waals surface area contributed by atoms with Crippen LogP contribution in [-0.4, -0.2) is 57.2 Å². The number of pyridine rings is 1. The summed E-state index contributed by atoms with van der Waals surface area (Å²) in [7, 11) is 4.33. The van der Waals surface area contributed by atoms with Crippen LogP contribution in [0.3, 0.4) is 0 Å². The third-order valence-electron chi connectivity index (χ3n) is 8.60. The van der Waals surface area contributed by atoms with Crippen LogP contribution >= 0.6 is 0 Å². The van der Waals surface area contributed by atoms with Gasteiger partial charge in [-0.2, -0.15) is 0 Å². The number of carbonyl (C=O) groups is 2. The molecule has 0 unspecified atom stereocenters. The standard InChI is InChI=1S/C35H33F3N4O7/c1-46-29-15-22(16-30(47-2)32(29)48-3)34(45)40-26-14-21(33(44)39-24-8-10-25(11-9-24)49-35(36,37)38)7-12-28(26)41-17-20-13-23(19-41)27-5-4-6-31(43)42(27)18-20/h4-12,14-16,20,23H,13,17-19H2,1-3H3,(H,39,44)(H,40,45)/t20-,23+/m1/s1. The van der Waals surface area contributed by atoms with Crippen LogP contribution in [0.4, 0.5) is 30.2 Å². The molecule has 2 atom stereocenters. The molecule has 2 N–H and O–H groups in total. The first-order chi connectivity index (χ1) is 23.5. The van der Waals surface area contributed by atoms with E-state index in [1.807, 2.05) is 10.6 Å². The molecule has 2 aliphatic heterocycles. The average Bonchev–Trinajstić information content (AvgIpc) is 3.08. The average molecular weight is 679 g/mol. The van der Waals surface area contributed by atoms with Gasteiger partial charge in [-0.05, 0) is 73.0 Å². The van der Waals surface area contributed by atoms with Gasteiger partial charge < -0.3 is 39.0 Å². The van der Waals surface area contributed by atoms with Gasteiger partial charge in [-0.15, -0.1) is 13.2 Å². The molecular formula is C35H33F3N4O7. The summed E-state index contributed by atoms with van der Waals surface area (Å²) in [5.41, 5.74) is 2.59. The molecule has 3 aromatic carbocycles. The van der Waals surface area contributed by atoms with Crippen LogP contribution in [0, 0.1) is 5.92 Å². The fraction of sp³-hybridized carbons (Fsp3) is 0.286. The maximum atomic E-state index is 13.8. The van der Waals surface area contributed by atoms with Crippen LogP contribution in [0.1, 0.15) is 38.7 Å². The summed E-state index contributed by atoms with van der Waals surface area (Å²) in [5, 5.41) is 5.63. The van der Waals surface area contributed by atoms with Gasteiger partial charge >= 0.3 is 6.36 Å². The first-order valence-electron chi connectivity index (χ1n) is 15.3. The zero-order valence-corrected chi connectivity index (χ0v) is 26.8. The molecular weight excluding hydrogens is 645 g/mol. The van der Waals surface area contributed by atoms with E-state index < -0.39 is 23.9 Å². The molecule has 0 radical (unpaired) electrons. The SMILES string of the molecule is COc1cc(C(=O)Nc2cc(C(=O)Nc3ccc(OC(F)(F)F)cc3)ccc2N2C[C@H]3C[C@@H](C2)c2cccc(=O)n2C3)cc(OC)c1OC. The number of benzene rings is 3. The van der Waals surface area contributed by atoms with Gasteiger partial charge in [0.15, 0.2) is 11.5 Å². The fourth-order valence-electron chi connectivity index (χ4n) is 6.50. The number of hydrogen-bond donors (Lipinski definition) is 2. The fourth-order valence-corrected chi connectivity index (χ4v) is 6.50. The van der Waals surface area contributed by atoms with Crippen molar-refractivity contribution in [2.24, 2.45) is 5.92 Å². The van der Waals surface area contributed by atoms with Gasteiger partial charge in [-0.1, -0.05) is 6.07 Å².